The molecule has 0 saturated heterocycles. The van der Waals surface area contributed by atoms with Gasteiger partial charge < -0.3 is 20.0 Å². The summed E-state index contributed by atoms with van der Waals surface area (Å²) in [6.07, 6.45) is 0.570. The molecule has 0 radical (unpaired) electrons. The molecule has 2 N–H and O–H groups in total. The lowest BCUT2D eigenvalue weighted by atomic mass is 10.0. The molecule has 1 unspecified atom stereocenters. The van der Waals surface area contributed by atoms with Crippen LogP contribution in [0.25, 0.3) is 0 Å². The van der Waals surface area contributed by atoms with Crippen molar-refractivity contribution in [2.75, 3.05) is 19.0 Å². The molecule has 3 amide bonds. The number of hydrogen-bond donors (Lipinski definition) is 2. The number of anilines is 1. The predicted octanol–water partition coefficient (Wildman–Crippen LogP) is 3.63. The molecule has 0 bridgehead atoms. The molecular weight excluding hydrogens is 378 g/mol. The molecule has 0 fully saturated rings. The van der Waals surface area contributed by atoms with Crippen molar-refractivity contribution in [1.29, 1.82) is 0 Å². The monoisotopic (exact) mass is 405 g/mol. The molecule has 0 heterocycles. The number of carbonyl (C=O) groups excluding carboxylic acids is 3. The minimum atomic E-state index is -1.15. The first-order chi connectivity index (χ1) is 13.7. The van der Waals surface area contributed by atoms with Gasteiger partial charge in [-0.2, -0.15) is 0 Å². The highest BCUT2D eigenvalue weighted by Gasteiger charge is 2.37. The van der Waals surface area contributed by atoms with Gasteiger partial charge in [-0.1, -0.05) is 43.8 Å². The quantitative estimate of drug-likeness (QED) is 0.224. The second-order valence-electron chi connectivity index (χ2n) is 6.60. The van der Waals surface area contributed by atoms with Crippen LogP contribution in [0.3, 0.4) is 0 Å². The Morgan fingerprint density at radius 2 is 1.90 bits per heavy atom. The molecule has 0 aliphatic heterocycles. The largest absolute Gasteiger partial charge is 0.467 e. The average molecular weight is 405 g/mol. The van der Waals surface area contributed by atoms with Crippen molar-refractivity contribution in [2.24, 2.45) is 11.1 Å². The molecule has 1 rings (SSSR count). The smallest absolute Gasteiger partial charge is 0.419 e. The summed E-state index contributed by atoms with van der Waals surface area (Å²) in [4.78, 5) is 38.3. The Balaban J connectivity index is 3.15. The highest BCUT2D eigenvalue weighted by Crippen LogP contribution is 2.18. The van der Waals surface area contributed by atoms with Crippen LogP contribution in [0, 0.1) is 5.92 Å². The number of oxime groups is 1. The third-order valence-electron chi connectivity index (χ3n) is 3.92. The van der Waals surface area contributed by atoms with Crippen LogP contribution in [0.2, 0.25) is 0 Å². The third-order valence-corrected chi connectivity index (χ3v) is 3.92. The first-order valence-electron chi connectivity index (χ1n) is 8.99. The number of methoxy groups -OCH3 is 1. The number of benzene rings is 1. The number of amides is 3. The molecular formula is C20H27N3O6. The number of nitrogens with one attached hydrogen (secondary N) is 1. The zero-order valence-electron chi connectivity index (χ0n) is 17.0. The molecule has 9 nitrogen and oxygen atoms in total. The zero-order valence-corrected chi connectivity index (χ0v) is 17.0. The molecule has 0 aromatic heterocycles. The highest BCUT2D eigenvalue weighted by molar-refractivity contribution is 6.03. The Morgan fingerprint density at radius 1 is 1.28 bits per heavy atom. The lowest BCUT2D eigenvalue weighted by Crippen LogP contribution is -2.51. The molecule has 0 aliphatic carbocycles. The van der Waals surface area contributed by atoms with Gasteiger partial charge in [0.2, 0.25) is 0 Å². The van der Waals surface area contributed by atoms with Crippen molar-refractivity contribution in [3.05, 3.63) is 42.5 Å². The van der Waals surface area contributed by atoms with Gasteiger partial charge in [0.25, 0.3) is 0 Å². The van der Waals surface area contributed by atoms with Crippen molar-refractivity contribution in [3.8, 4) is 0 Å². The van der Waals surface area contributed by atoms with E-state index >= 15 is 0 Å². The van der Waals surface area contributed by atoms with Crippen molar-refractivity contribution in [3.63, 3.8) is 0 Å². The van der Waals surface area contributed by atoms with Gasteiger partial charge in [0, 0.05) is 5.69 Å². The maximum atomic E-state index is 12.9. The Kier molecular flexibility index (Phi) is 9.37. The maximum Gasteiger partial charge on any atom is 0.419 e. The lowest BCUT2D eigenvalue weighted by Gasteiger charge is -2.28. The van der Waals surface area contributed by atoms with Gasteiger partial charge in [0.1, 0.15) is 12.6 Å². The van der Waals surface area contributed by atoms with Crippen molar-refractivity contribution < 1.29 is 29.1 Å². The number of urea groups is 1. The molecule has 0 saturated carbocycles. The Morgan fingerprint density at radius 3 is 2.38 bits per heavy atom. The van der Waals surface area contributed by atoms with E-state index in [0.717, 1.165) is 0 Å². The van der Waals surface area contributed by atoms with Crippen LogP contribution in [0.15, 0.2) is 42.1 Å². The van der Waals surface area contributed by atoms with Crippen molar-refractivity contribution in [2.45, 2.75) is 33.2 Å². The molecule has 1 aromatic carbocycles. The van der Waals surface area contributed by atoms with Crippen LogP contribution in [0.5, 0.6) is 0 Å². The van der Waals surface area contributed by atoms with E-state index in [4.69, 9.17) is 14.7 Å². The summed E-state index contributed by atoms with van der Waals surface area (Å²) in [7, 11) is 1.19. The summed E-state index contributed by atoms with van der Waals surface area (Å²) >= 11 is 0. The Labute approximate surface area is 170 Å². The number of imide groups is 1. The van der Waals surface area contributed by atoms with E-state index < -0.39 is 24.1 Å². The minimum absolute atomic E-state index is 0.00151. The molecule has 0 aliphatic rings. The fourth-order valence-electron chi connectivity index (χ4n) is 2.48. The normalized spacial score (nSPS) is 12.1. The molecule has 0 spiro atoms. The fourth-order valence-corrected chi connectivity index (χ4v) is 2.48. The molecule has 1 atom stereocenters. The van der Waals surface area contributed by atoms with E-state index in [-0.39, 0.29) is 18.9 Å². The van der Waals surface area contributed by atoms with Crippen LogP contribution in [0.1, 0.15) is 32.8 Å². The standard InChI is InChI=1S/C20H27N3O6/c1-6-11-29-20(26)23(17(12-13(2)3)18(24)28-5)19(25)21-16-9-7-15(8-10-16)14(4)22-27/h6-10,13,17,27H,1,11-12H2,2-5H3,(H,21,25)/b22-14+. The SMILES string of the molecule is C=CCOC(=O)N(C(=O)Nc1ccc(/C(C)=N/O)cc1)C(CC(C)C)C(=O)OC. The fraction of sp³-hybridized carbons (Fsp3) is 0.400. The van der Waals surface area contributed by atoms with Gasteiger partial charge in [-0.15, -0.1) is 0 Å². The average Bonchev–Trinajstić information content (AvgIpc) is 2.70. The molecule has 158 valence electrons. The second-order valence-corrected chi connectivity index (χ2v) is 6.60. The predicted molar refractivity (Wildman–Crippen MR) is 108 cm³/mol. The lowest BCUT2D eigenvalue weighted by molar-refractivity contribution is -0.146. The van der Waals surface area contributed by atoms with Crippen LogP contribution in [-0.2, 0) is 14.3 Å². The summed E-state index contributed by atoms with van der Waals surface area (Å²) in [6.45, 7) is 8.67. The van der Waals surface area contributed by atoms with E-state index in [9.17, 15) is 14.4 Å². The summed E-state index contributed by atoms with van der Waals surface area (Å²) in [5, 5.41) is 14.5. The summed E-state index contributed by atoms with van der Waals surface area (Å²) in [5.74, 6) is -0.726. The number of nitrogens with zero attached hydrogens (tertiary/aromatic N) is 2. The van der Waals surface area contributed by atoms with Gasteiger partial charge >= 0.3 is 18.1 Å². The first-order valence-corrected chi connectivity index (χ1v) is 8.99. The van der Waals surface area contributed by atoms with Gasteiger partial charge in [-0.05, 0) is 37.0 Å². The Hall–Kier alpha value is -3.36. The third kappa shape index (κ3) is 6.95. The van der Waals surface area contributed by atoms with Gasteiger partial charge in [-0.3, -0.25) is 0 Å². The van der Waals surface area contributed by atoms with Crippen molar-refractivity contribution >= 4 is 29.5 Å². The summed E-state index contributed by atoms with van der Waals surface area (Å²) in [5.41, 5.74) is 1.43. The van der Waals surface area contributed by atoms with Gasteiger partial charge in [0.05, 0.1) is 12.8 Å². The van der Waals surface area contributed by atoms with E-state index in [0.29, 0.717) is 21.9 Å². The first kappa shape index (κ1) is 23.7. The van der Waals surface area contributed by atoms with E-state index in [1.54, 1.807) is 31.2 Å². The van der Waals surface area contributed by atoms with Crippen molar-refractivity contribution in [1.82, 2.24) is 4.90 Å². The van der Waals surface area contributed by atoms with E-state index in [1.165, 1.54) is 13.2 Å². The number of hydrogen-bond acceptors (Lipinski definition) is 7. The van der Waals surface area contributed by atoms with Gasteiger partial charge in [0.15, 0.2) is 0 Å². The molecule has 29 heavy (non-hydrogen) atoms. The Bertz CT molecular complexity index is 758. The number of rotatable bonds is 8. The van der Waals surface area contributed by atoms with E-state index in [2.05, 4.69) is 17.1 Å². The van der Waals surface area contributed by atoms with Crippen LogP contribution < -0.4 is 5.32 Å². The van der Waals surface area contributed by atoms with Gasteiger partial charge in [-0.25, -0.2) is 19.3 Å². The van der Waals surface area contributed by atoms with Crippen LogP contribution in [0.4, 0.5) is 15.3 Å². The number of esters is 1. The van der Waals surface area contributed by atoms with E-state index in [1.807, 2.05) is 13.8 Å². The minimum Gasteiger partial charge on any atom is -0.467 e. The topological polar surface area (TPSA) is 118 Å². The summed E-state index contributed by atoms with van der Waals surface area (Å²) in [6, 6.07) is 4.43. The number of ether oxygens (including phenoxy) is 2. The highest BCUT2D eigenvalue weighted by atomic mass is 16.6. The summed E-state index contributed by atoms with van der Waals surface area (Å²) < 4.78 is 9.77. The number of carbonyl (C=O) groups is 3. The zero-order chi connectivity index (χ0) is 22.0. The molecule has 1 aromatic rings. The van der Waals surface area contributed by atoms with Crippen LogP contribution in [-0.4, -0.2) is 53.7 Å². The maximum absolute atomic E-state index is 12.9. The second kappa shape index (κ2) is 11.5. The molecule has 9 heteroatoms. The van der Waals surface area contributed by atoms with Crippen LogP contribution >= 0.6 is 0 Å².